The van der Waals surface area contributed by atoms with Crippen molar-refractivity contribution in [1.29, 1.82) is 5.26 Å². The molecule has 1 amide bonds. The van der Waals surface area contributed by atoms with Crippen molar-refractivity contribution in [1.82, 2.24) is 0 Å². The van der Waals surface area contributed by atoms with Crippen LogP contribution in [-0.4, -0.2) is 5.91 Å². The van der Waals surface area contributed by atoms with E-state index in [4.69, 9.17) is 11.0 Å². The van der Waals surface area contributed by atoms with E-state index in [9.17, 15) is 4.79 Å². The second-order valence-corrected chi connectivity index (χ2v) is 4.78. The summed E-state index contributed by atoms with van der Waals surface area (Å²) in [6, 6.07) is 16.5. The quantitative estimate of drug-likeness (QED) is 0.843. The highest BCUT2D eigenvalue weighted by atomic mass is 16.1. The summed E-state index contributed by atoms with van der Waals surface area (Å²) < 4.78 is 0. The molecule has 0 aromatic heterocycles. The molecule has 0 saturated carbocycles. The van der Waals surface area contributed by atoms with Crippen LogP contribution in [0.15, 0.2) is 48.5 Å². The number of nitrogens with zero attached hydrogens (tertiary/aromatic N) is 1. The Morgan fingerprint density at radius 2 is 2.00 bits per heavy atom. The lowest BCUT2D eigenvalue weighted by atomic mass is 9.95. The number of hydrogen-bond donors (Lipinski definition) is 2. The van der Waals surface area contributed by atoms with Crippen LogP contribution in [0.3, 0.4) is 0 Å². The second kappa shape index (κ2) is 6.58. The molecule has 0 aliphatic rings. The van der Waals surface area contributed by atoms with Crippen molar-refractivity contribution in [2.24, 2.45) is 0 Å². The minimum atomic E-state index is -0.240. The third kappa shape index (κ3) is 3.40. The SMILES string of the molecule is CCC(C(=O)Nc1ccc(N)cc1C#N)c1ccccc1. The van der Waals surface area contributed by atoms with Crippen LogP contribution < -0.4 is 11.1 Å². The first-order chi connectivity index (χ1) is 10.2. The molecule has 4 nitrogen and oxygen atoms in total. The van der Waals surface area contributed by atoms with Crippen molar-refractivity contribution < 1.29 is 4.79 Å². The molecule has 0 saturated heterocycles. The number of nitrogen functional groups attached to an aromatic ring is 1. The van der Waals surface area contributed by atoms with Crippen molar-refractivity contribution in [3.05, 3.63) is 59.7 Å². The van der Waals surface area contributed by atoms with Crippen LogP contribution in [0.1, 0.15) is 30.4 Å². The van der Waals surface area contributed by atoms with Crippen molar-refractivity contribution >= 4 is 17.3 Å². The molecule has 2 rings (SSSR count). The Labute approximate surface area is 124 Å². The Hall–Kier alpha value is -2.80. The molecule has 0 fully saturated rings. The van der Waals surface area contributed by atoms with Crippen LogP contribution in [0.4, 0.5) is 11.4 Å². The predicted molar refractivity (Wildman–Crippen MR) is 83.7 cm³/mol. The van der Waals surface area contributed by atoms with Gasteiger partial charge >= 0.3 is 0 Å². The number of nitrogens with one attached hydrogen (secondary N) is 1. The Morgan fingerprint density at radius 1 is 1.29 bits per heavy atom. The van der Waals surface area contributed by atoms with Gasteiger partial charge < -0.3 is 11.1 Å². The first-order valence-electron chi connectivity index (χ1n) is 6.81. The summed E-state index contributed by atoms with van der Waals surface area (Å²) in [4.78, 5) is 12.4. The molecular formula is C17H17N3O. The Bertz CT molecular complexity index is 674. The Kier molecular flexibility index (Phi) is 4.57. The summed E-state index contributed by atoms with van der Waals surface area (Å²) >= 11 is 0. The van der Waals surface area contributed by atoms with Crippen molar-refractivity contribution in [3.8, 4) is 6.07 Å². The molecule has 1 atom stereocenters. The number of carbonyl (C=O) groups excluding carboxylic acids is 1. The number of nitrogens with two attached hydrogens (primary N) is 1. The van der Waals surface area contributed by atoms with E-state index >= 15 is 0 Å². The highest BCUT2D eigenvalue weighted by Crippen LogP contribution is 2.24. The fraction of sp³-hybridized carbons (Fsp3) is 0.176. The van der Waals surface area contributed by atoms with Crippen LogP contribution in [0, 0.1) is 11.3 Å². The average molecular weight is 279 g/mol. The minimum Gasteiger partial charge on any atom is -0.399 e. The van der Waals surface area contributed by atoms with E-state index in [-0.39, 0.29) is 11.8 Å². The van der Waals surface area contributed by atoms with E-state index in [0.717, 1.165) is 5.56 Å². The molecule has 106 valence electrons. The molecule has 0 bridgehead atoms. The second-order valence-electron chi connectivity index (χ2n) is 4.78. The third-order valence-corrected chi connectivity index (χ3v) is 3.35. The lowest BCUT2D eigenvalue weighted by Crippen LogP contribution is -2.21. The molecule has 4 heteroatoms. The highest BCUT2D eigenvalue weighted by Gasteiger charge is 2.19. The first-order valence-corrected chi connectivity index (χ1v) is 6.81. The van der Waals surface area contributed by atoms with Gasteiger partial charge in [-0.3, -0.25) is 4.79 Å². The molecule has 2 aromatic rings. The zero-order valence-electron chi connectivity index (χ0n) is 11.8. The van der Waals surface area contributed by atoms with Gasteiger partial charge in [0.15, 0.2) is 0 Å². The van der Waals surface area contributed by atoms with E-state index in [1.807, 2.05) is 43.3 Å². The first kappa shape index (κ1) is 14.6. The largest absolute Gasteiger partial charge is 0.399 e. The number of amides is 1. The number of carbonyl (C=O) groups is 1. The minimum absolute atomic E-state index is 0.120. The fourth-order valence-electron chi connectivity index (χ4n) is 2.24. The van der Waals surface area contributed by atoms with E-state index in [2.05, 4.69) is 5.32 Å². The molecule has 3 N–H and O–H groups in total. The van der Waals surface area contributed by atoms with Gasteiger partial charge in [0, 0.05) is 5.69 Å². The lowest BCUT2D eigenvalue weighted by molar-refractivity contribution is -0.117. The molecule has 0 heterocycles. The van der Waals surface area contributed by atoms with E-state index in [1.165, 1.54) is 0 Å². The smallest absolute Gasteiger partial charge is 0.231 e. The van der Waals surface area contributed by atoms with Crippen LogP contribution in [-0.2, 0) is 4.79 Å². The average Bonchev–Trinajstić information content (AvgIpc) is 2.51. The van der Waals surface area contributed by atoms with Gasteiger partial charge in [0.2, 0.25) is 5.91 Å². The zero-order valence-corrected chi connectivity index (χ0v) is 11.8. The van der Waals surface area contributed by atoms with Crippen LogP contribution in [0.2, 0.25) is 0 Å². The standard InChI is InChI=1S/C17H17N3O/c1-2-15(12-6-4-3-5-7-12)17(21)20-16-9-8-14(19)10-13(16)11-18/h3-10,15H,2,19H2,1H3,(H,20,21). The van der Waals surface area contributed by atoms with Crippen LogP contribution in [0.5, 0.6) is 0 Å². The van der Waals surface area contributed by atoms with Gasteiger partial charge in [0.05, 0.1) is 17.2 Å². The number of rotatable bonds is 4. The third-order valence-electron chi connectivity index (χ3n) is 3.35. The van der Waals surface area contributed by atoms with Gasteiger partial charge in [0.25, 0.3) is 0 Å². The van der Waals surface area contributed by atoms with Crippen molar-refractivity contribution in [2.45, 2.75) is 19.3 Å². The Balaban J connectivity index is 2.23. The fourth-order valence-corrected chi connectivity index (χ4v) is 2.24. The maximum Gasteiger partial charge on any atom is 0.231 e. The molecule has 2 aromatic carbocycles. The molecule has 0 aliphatic carbocycles. The van der Waals surface area contributed by atoms with Gasteiger partial charge in [-0.2, -0.15) is 5.26 Å². The van der Waals surface area contributed by atoms with Gasteiger partial charge in [0.1, 0.15) is 6.07 Å². The highest BCUT2D eigenvalue weighted by molar-refractivity contribution is 5.97. The van der Waals surface area contributed by atoms with Gasteiger partial charge in [-0.15, -0.1) is 0 Å². The summed E-state index contributed by atoms with van der Waals surface area (Å²) in [7, 11) is 0. The molecule has 0 radical (unpaired) electrons. The topological polar surface area (TPSA) is 78.9 Å². The van der Waals surface area contributed by atoms with Gasteiger partial charge in [-0.25, -0.2) is 0 Å². The summed E-state index contributed by atoms with van der Waals surface area (Å²) in [5.74, 6) is -0.361. The molecular weight excluding hydrogens is 262 g/mol. The van der Waals surface area contributed by atoms with E-state index in [0.29, 0.717) is 23.4 Å². The summed E-state index contributed by atoms with van der Waals surface area (Å²) in [5.41, 5.74) is 7.97. The van der Waals surface area contributed by atoms with Gasteiger partial charge in [-0.05, 0) is 30.2 Å². The molecule has 0 aliphatic heterocycles. The Morgan fingerprint density at radius 3 is 2.62 bits per heavy atom. The van der Waals surface area contributed by atoms with E-state index in [1.54, 1.807) is 18.2 Å². The predicted octanol–water partition coefficient (Wildman–Crippen LogP) is 3.27. The van der Waals surface area contributed by atoms with Crippen molar-refractivity contribution in [3.63, 3.8) is 0 Å². The summed E-state index contributed by atoms with van der Waals surface area (Å²) in [5, 5.41) is 11.9. The van der Waals surface area contributed by atoms with E-state index < -0.39 is 0 Å². The monoisotopic (exact) mass is 279 g/mol. The molecule has 1 unspecified atom stereocenters. The normalized spacial score (nSPS) is 11.4. The molecule has 21 heavy (non-hydrogen) atoms. The zero-order chi connectivity index (χ0) is 15.2. The van der Waals surface area contributed by atoms with Crippen molar-refractivity contribution in [2.75, 3.05) is 11.1 Å². The van der Waals surface area contributed by atoms with Gasteiger partial charge in [-0.1, -0.05) is 37.3 Å². The number of nitriles is 1. The maximum atomic E-state index is 12.4. The number of hydrogen-bond acceptors (Lipinski definition) is 3. The molecule has 0 spiro atoms. The lowest BCUT2D eigenvalue weighted by Gasteiger charge is -2.16. The summed E-state index contributed by atoms with van der Waals surface area (Å²) in [6.07, 6.45) is 0.687. The number of benzene rings is 2. The van der Waals surface area contributed by atoms with Crippen LogP contribution >= 0.6 is 0 Å². The number of anilines is 2. The van der Waals surface area contributed by atoms with Crippen LogP contribution in [0.25, 0.3) is 0 Å². The maximum absolute atomic E-state index is 12.4. The summed E-state index contributed by atoms with van der Waals surface area (Å²) in [6.45, 7) is 1.96.